The number of hydrogen-bond donors (Lipinski definition) is 1. The molecule has 1 aromatic heterocycles. The number of likely N-dealkylation sites (N-methyl/N-ethyl adjacent to an activating group) is 1. The fourth-order valence-corrected chi connectivity index (χ4v) is 1.88. The summed E-state index contributed by atoms with van der Waals surface area (Å²) in [5, 5.41) is 10.1. The number of amides is 1. The maximum atomic E-state index is 12.2. The third-order valence-electron chi connectivity index (χ3n) is 3.23. The van der Waals surface area contributed by atoms with E-state index in [0.717, 1.165) is 0 Å². The minimum Gasteiger partial charge on any atom is -0.467 e. The fourth-order valence-electron chi connectivity index (χ4n) is 1.88. The van der Waals surface area contributed by atoms with Gasteiger partial charge in [0.05, 0.1) is 12.3 Å². The molecule has 2 atom stereocenters. The molecule has 0 aliphatic carbocycles. The lowest BCUT2D eigenvalue weighted by Gasteiger charge is -2.25. The Morgan fingerprint density at radius 1 is 1.21 bits per heavy atom. The van der Waals surface area contributed by atoms with E-state index in [1.807, 2.05) is 19.1 Å². The van der Waals surface area contributed by atoms with Gasteiger partial charge in [-0.25, -0.2) is 0 Å². The summed E-state index contributed by atoms with van der Waals surface area (Å²) in [5.74, 6) is 0.339. The summed E-state index contributed by atoms with van der Waals surface area (Å²) in [4.78, 5) is 13.7. The summed E-state index contributed by atoms with van der Waals surface area (Å²) >= 11 is 0. The normalized spacial score (nSPS) is 13.8. The molecule has 19 heavy (non-hydrogen) atoms. The first kappa shape index (κ1) is 13.4. The van der Waals surface area contributed by atoms with Gasteiger partial charge in [-0.05, 0) is 24.6 Å². The Labute approximate surface area is 112 Å². The molecule has 0 saturated carbocycles. The second-order valence-electron chi connectivity index (χ2n) is 4.45. The van der Waals surface area contributed by atoms with Crippen molar-refractivity contribution in [1.82, 2.24) is 4.90 Å². The third-order valence-corrected chi connectivity index (χ3v) is 3.23. The minimum absolute atomic E-state index is 0.221. The lowest BCUT2D eigenvalue weighted by atomic mass is 10.1. The molecule has 1 N–H and O–H groups in total. The van der Waals surface area contributed by atoms with Crippen LogP contribution in [0, 0.1) is 0 Å². The zero-order valence-corrected chi connectivity index (χ0v) is 11.0. The van der Waals surface area contributed by atoms with E-state index in [1.165, 1.54) is 4.90 Å². The Kier molecular flexibility index (Phi) is 4.02. The zero-order chi connectivity index (χ0) is 13.8. The maximum Gasteiger partial charge on any atom is 0.256 e. The van der Waals surface area contributed by atoms with Gasteiger partial charge >= 0.3 is 0 Å². The second-order valence-corrected chi connectivity index (χ2v) is 4.45. The Morgan fingerprint density at radius 3 is 2.47 bits per heavy atom. The average molecular weight is 259 g/mol. The fraction of sp³-hybridized carbons (Fsp3) is 0.267. The molecule has 1 amide bonds. The van der Waals surface area contributed by atoms with Gasteiger partial charge in [-0.15, -0.1) is 0 Å². The third kappa shape index (κ3) is 2.85. The highest BCUT2D eigenvalue weighted by Crippen LogP contribution is 2.23. The highest BCUT2D eigenvalue weighted by atomic mass is 16.3. The second kappa shape index (κ2) is 5.71. The van der Waals surface area contributed by atoms with Gasteiger partial charge in [-0.3, -0.25) is 4.79 Å². The van der Waals surface area contributed by atoms with Crippen molar-refractivity contribution >= 4 is 5.91 Å². The van der Waals surface area contributed by atoms with Crippen LogP contribution in [-0.4, -0.2) is 23.0 Å². The van der Waals surface area contributed by atoms with Crippen molar-refractivity contribution in [1.29, 1.82) is 0 Å². The summed E-state index contributed by atoms with van der Waals surface area (Å²) in [6.07, 6.45) is 0.418. The van der Waals surface area contributed by atoms with Gasteiger partial charge in [-0.2, -0.15) is 0 Å². The predicted octanol–water partition coefficient (Wildman–Crippen LogP) is 2.53. The quantitative estimate of drug-likeness (QED) is 0.918. The van der Waals surface area contributed by atoms with Crippen LogP contribution in [0.1, 0.15) is 30.4 Å². The monoisotopic (exact) mass is 259 g/mol. The van der Waals surface area contributed by atoms with Gasteiger partial charge in [0.25, 0.3) is 5.91 Å². The van der Waals surface area contributed by atoms with Crippen molar-refractivity contribution in [3.8, 4) is 0 Å². The number of furan rings is 1. The summed E-state index contributed by atoms with van der Waals surface area (Å²) in [5.41, 5.74) is 0.589. The van der Waals surface area contributed by atoms with E-state index in [0.29, 0.717) is 11.3 Å². The molecule has 0 radical (unpaired) electrons. The first-order chi connectivity index (χ1) is 9.11. The Hall–Kier alpha value is -2.07. The number of rotatable bonds is 4. The van der Waals surface area contributed by atoms with Crippen LogP contribution in [0.3, 0.4) is 0 Å². The molecule has 0 spiro atoms. The van der Waals surface area contributed by atoms with Gasteiger partial charge in [-0.1, -0.05) is 30.3 Å². The van der Waals surface area contributed by atoms with Crippen molar-refractivity contribution in [2.24, 2.45) is 0 Å². The van der Waals surface area contributed by atoms with Crippen LogP contribution in [-0.2, 0) is 4.79 Å². The highest BCUT2D eigenvalue weighted by molar-refractivity contribution is 5.82. The van der Waals surface area contributed by atoms with E-state index in [2.05, 4.69) is 0 Å². The zero-order valence-electron chi connectivity index (χ0n) is 11.0. The highest BCUT2D eigenvalue weighted by Gasteiger charge is 2.26. The summed E-state index contributed by atoms with van der Waals surface area (Å²) < 4.78 is 5.28. The van der Waals surface area contributed by atoms with Gasteiger partial charge in [0.2, 0.25) is 0 Å². The van der Waals surface area contributed by atoms with Crippen LogP contribution in [0.5, 0.6) is 0 Å². The lowest BCUT2D eigenvalue weighted by Crippen LogP contribution is -2.33. The van der Waals surface area contributed by atoms with Gasteiger partial charge in [0.1, 0.15) is 5.76 Å². The van der Waals surface area contributed by atoms with E-state index in [9.17, 15) is 9.90 Å². The molecule has 0 bridgehead atoms. The largest absolute Gasteiger partial charge is 0.467 e. The maximum absolute atomic E-state index is 12.2. The Balaban J connectivity index is 2.11. The van der Waals surface area contributed by atoms with E-state index < -0.39 is 6.10 Å². The molecule has 1 aromatic carbocycles. The van der Waals surface area contributed by atoms with E-state index in [-0.39, 0.29) is 11.9 Å². The van der Waals surface area contributed by atoms with Gasteiger partial charge in [0, 0.05) is 7.05 Å². The molecule has 100 valence electrons. The number of hydrogen-bond acceptors (Lipinski definition) is 3. The van der Waals surface area contributed by atoms with Crippen LogP contribution in [0.2, 0.25) is 0 Å². The minimum atomic E-state index is -1.15. The van der Waals surface area contributed by atoms with Crippen LogP contribution in [0.4, 0.5) is 0 Å². The Morgan fingerprint density at radius 2 is 1.89 bits per heavy atom. The van der Waals surface area contributed by atoms with E-state index >= 15 is 0 Å². The summed E-state index contributed by atoms with van der Waals surface area (Å²) in [6, 6.07) is 12.3. The summed E-state index contributed by atoms with van der Waals surface area (Å²) in [6.45, 7) is 1.86. The topological polar surface area (TPSA) is 53.7 Å². The van der Waals surface area contributed by atoms with Crippen molar-refractivity contribution in [2.75, 3.05) is 7.05 Å². The number of carbonyl (C=O) groups is 1. The molecule has 0 saturated heterocycles. The molecule has 0 aliphatic heterocycles. The van der Waals surface area contributed by atoms with Gasteiger partial charge in [0.15, 0.2) is 6.10 Å². The van der Waals surface area contributed by atoms with Crippen LogP contribution >= 0.6 is 0 Å². The molecule has 4 nitrogen and oxygen atoms in total. The molecule has 4 heteroatoms. The lowest BCUT2D eigenvalue weighted by molar-refractivity contribution is -0.141. The SMILES string of the molecule is CC(c1ccco1)N(C)C(=O)C(O)c1ccccc1. The predicted molar refractivity (Wildman–Crippen MR) is 71.3 cm³/mol. The number of aliphatic hydroxyl groups is 1. The van der Waals surface area contributed by atoms with E-state index in [4.69, 9.17) is 4.42 Å². The van der Waals surface area contributed by atoms with Crippen molar-refractivity contribution in [2.45, 2.75) is 19.1 Å². The molecule has 2 unspecified atom stereocenters. The standard InChI is InChI=1S/C15H17NO3/c1-11(13-9-6-10-19-13)16(2)15(18)14(17)12-7-4-3-5-8-12/h3-11,14,17H,1-2H3. The van der Waals surface area contributed by atoms with Crippen molar-refractivity contribution in [3.05, 3.63) is 60.1 Å². The molecule has 2 rings (SSSR count). The molecule has 0 fully saturated rings. The number of benzene rings is 1. The van der Waals surface area contributed by atoms with Crippen LogP contribution < -0.4 is 0 Å². The van der Waals surface area contributed by atoms with E-state index in [1.54, 1.807) is 43.6 Å². The molecule has 2 aromatic rings. The molecular formula is C15H17NO3. The summed E-state index contributed by atoms with van der Waals surface area (Å²) in [7, 11) is 1.65. The number of carbonyl (C=O) groups excluding carboxylic acids is 1. The average Bonchev–Trinajstić information content (AvgIpc) is 2.99. The Bertz CT molecular complexity index is 522. The molecule has 0 aliphatic rings. The molecule has 1 heterocycles. The number of aliphatic hydroxyl groups excluding tert-OH is 1. The van der Waals surface area contributed by atoms with Crippen molar-refractivity contribution < 1.29 is 14.3 Å². The number of nitrogens with zero attached hydrogens (tertiary/aromatic N) is 1. The smallest absolute Gasteiger partial charge is 0.256 e. The molecular weight excluding hydrogens is 242 g/mol. The first-order valence-electron chi connectivity index (χ1n) is 6.14. The van der Waals surface area contributed by atoms with Crippen LogP contribution in [0.25, 0.3) is 0 Å². The first-order valence-corrected chi connectivity index (χ1v) is 6.14. The van der Waals surface area contributed by atoms with Crippen LogP contribution in [0.15, 0.2) is 53.1 Å². The van der Waals surface area contributed by atoms with Crippen molar-refractivity contribution in [3.63, 3.8) is 0 Å². The van der Waals surface area contributed by atoms with Gasteiger partial charge < -0.3 is 14.4 Å².